The van der Waals surface area contributed by atoms with Gasteiger partial charge in [-0.1, -0.05) is 35.3 Å². The van der Waals surface area contributed by atoms with E-state index in [1.54, 1.807) is 18.2 Å². The van der Waals surface area contributed by atoms with Gasteiger partial charge in [-0.3, -0.25) is 5.10 Å². The summed E-state index contributed by atoms with van der Waals surface area (Å²) in [6.07, 6.45) is 0. The van der Waals surface area contributed by atoms with Gasteiger partial charge in [-0.05, 0) is 30.3 Å². The lowest BCUT2D eigenvalue weighted by Gasteiger charge is -2.00. The average Bonchev–Trinajstić information content (AvgIpc) is 2.92. The summed E-state index contributed by atoms with van der Waals surface area (Å²) in [6.45, 7) is 0. The van der Waals surface area contributed by atoms with E-state index in [1.807, 2.05) is 24.3 Å². The number of hydrogen-bond acceptors (Lipinski definition) is 3. The van der Waals surface area contributed by atoms with Crippen LogP contribution in [-0.2, 0) is 0 Å². The van der Waals surface area contributed by atoms with Crippen LogP contribution in [-0.4, -0.2) is 15.2 Å². The molecule has 0 fully saturated rings. The van der Waals surface area contributed by atoms with Crippen LogP contribution in [0.3, 0.4) is 0 Å². The van der Waals surface area contributed by atoms with Crippen molar-refractivity contribution in [2.24, 2.45) is 0 Å². The number of anilines is 1. The average molecular weight is 305 g/mol. The molecule has 0 spiro atoms. The predicted octanol–water partition coefficient (Wildman–Crippen LogP) is 4.03. The molecule has 0 radical (unpaired) electrons. The van der Waals surface area contributed by atoms with Crippen LogP contribution in [0.1, 0.15) is 0 Å². The maximum atomic E-state index is 6.13. The van der Waals surface area contributed by atoms with E-state index in [-0.39, 0.29) is 0 Å². The molecule has 100 valence electrons. The third-order valence-corrected chi connectivity index (χ3v) is 3.54. The highest BCUT2D eigenvalue weighted by molar-refractivity contribution is 6.33. The molecule has 0 aliphatic carbocycles. The highest BCUT2D eigenvalue weighted by atomic mass is 35.5. The van der Waals surface area contributed by atoms with Gasteiger partial charge in [-0.15, -0.1) is 0 Å². The summed E-state index contributed by atoms with van der Waals surface area (Å²) in [5.41, 5.74) is 7.87. The molecule has 0 amide bonds. The number of aromatic nitrogens is 3. The second kappa shape index (κ2) is 5.15. The summed E-state index contributed by atoms with van der Waals surface area (Å²) in [4.78, 5) is 4.43. The molecule has 0 saturated carbocycles. The number of nitrogens with zero attached hydrogens (tertiary/aromatic N) is 2. The molecule has 0 aliphatic rings. The quantitative estimate of drug-likeness (QED) is 0.702. The third-order valence-electron chi connectivity index (χ3n) is 2.87. The van der Waals surface area contributed by atoms with Gasteiger partial charge in [-0.25, -0.2) is 4.98 Å². The smallest absolute Gasteiger partial charge is 0.181 e. The van der Waals surface area contributed by atoms with Crippen LogP contribution in [0.4, 0.5) is 5.69 Å². The minimum absolute atomic E-state index is 0.494. The molecule has 20 heavy (non-hydrogen) atoms. The number of rotatable bonds is 2. The van der Waals surface area contributed by atoms with Crippen molar-refractivity contribution in [1.29, 1.82) is 0 Å². The molecule has 0 atom stereocenters. The first-order valence-electron chi connectivity index (χ1n) is 5.88. The normalized spacial score (nSPS) is 10.7. The standard InChI is InChI=1S/C14H10Cl2N4/c15-10-4-2-1-3-9(10)14-18-13(19-20-14)8-5-6-11(16)12(17)7-8/h1-7H,17H2,(H,18,19,20). The number of nitrogens with two attached hydrogens (primary N) is 1. The van der Waals surface area contributed by atoms with Crippen molar-refractivity contribution in [2.45, 2.75) is 0 Å². The Kier molecular flexibility index (Phi) is 3.34. The van der Waals surface area contributed by atoms with E-state index in [2.05, 4.69) is 15.2 Å². The zero-order valence-electron chi connectivity index (χ0n) is 10.3. The fourth-order valence-corrected chi connectivity index (χ4v) is 2.19. The van der Waals surface area contributed by atoms with E-state index in [9.17, 15) is 0 Å². The van der Waals surface area contributed by atoms with Crippen molar-refractivity contribution in [3.05, 3.63) is 52.5 Å². The van der Waals surface area contributed by atoms with E-state index in [1.165, 1.54) is 0 Å². The van der Waals surface area contributed by atoms with Crippen LogP contribution in [0.25, 0.3) is 22.8 Å². The van der Waals surface area contributed by atoms with Crippen LogP contribution >= 0.6 is 23.2 Å². The first-order chi connectivity index (χ1) is 9.65. The number of hydrogen-bond donors (Lipinski definition) is 2. The second-order valence-electron chi connectivity index (χ2n) is 4.22. The lowest BCUT2D eigenvalue weighted by atomic mass is 10.2. The molecule has 3 aromatic rings. The number of halogens is 2. The van der Waals surface area contributed by atoms with Gasteiger partial charge in [0.25, 0.3) is 0 Å². The largest absolute Gasteiger partial charge is 0.398 e. The Hall–Kier alpha value is -2.04. The number of benzene rings is 2. The van der Waals surface area contributed by atoms with Gasteiger partial charge in [0.1, 0.15) is 0 Å². The zero-order chi connectivity index (χ0) is 14.1. The fourth-order valence-electron chi connectivity index (χ4n) is 1.85. The molecular formula is C14H10Cl2N4. The molecule has 6 heteroatoms. The summed E-state index contributed by atoms with van der Waals surface area (Å²) < 4.78 is 0. The number of H-pyrrole nitrogens is 1. The highest BCUT2D eigenvalue weighted by Crippen LogP contribution is 2.28. The molecule has 2 aromatic carbocycles. The van der Waals surface area contributed by atoms with Gasteiger partial charge in [0, 0.05) is 11.1 Å². The van der Waals surface area contributed by atoms with Crippen LogP contribution in [0.2, 0.25) is 10.0 Å². The van der Waals surface area contributed by atoms with E-state index < -0.39 is 0 Å². The van der Waals surface area contributed by atoms with Gasteiger partial charge in [0.05, 0.1) is 15.7 Å². The first-order valence-corrected chi connectivity index (χ1v) is 6.63. The second-order valence-corrected chi connectivity index (χ2v) is 5.04. The van der Waals surface area contributed by atoms with Crippen molar-refractivity contribution < 1.29 is 0 Å². The van der Waals surface area contributed by atoms with Crippen LogP contribution < -0.4 is 5.73 Å². The topological polar surface area (TPSA) is 67.6 Å². The summed E-state index contributed by atoms with van der Waals surface area (Å²) in [7, 11) is 0. The Balaban J connectivity index is 2.02. The molecule has 0 bridgehead atoms. The zero-order valence-corrected chi connectivity index (χ0v) is 11.8. The minimum Gasteiger partial charge on any atom is -0.398 e. The Morgan fingerprint density at radius 3 is 2.55 bits per heavy atom. The van der Waals surface area contributed by atoms with E-state index in [0.29, 0.717) is 27.4 Å². The Morgan fingerprint density at radius 2 is 1.80 bits per heavy atom. The number of nitrogen functional groups attached to an aromatic ring is 1. The maximum absolute atomic E-state index is 6.13. The molecule has 0 aliphatic heterocycles. The van der Waals surface area contributed by atoms with Crippen LogP contribution in [0.15, 0.2) is 42.5 Å². The SMILES string of the molecule is Nc1cc(-c2n[nH]c(-c3ccccc3Cl)n2)ccc1Cl. The summed E-state index contributed by atoms with van der Waals surface area (Å²) in [6, 6.07) is 12.7. The van der Waals surface area contributed by atoms with Gasteiger partial charge in [0.2, 0.25) is 0 Å². The summed E-state index contributed by atoms with van der Waals surface area (Å²) in [5.74, 6) is 1.16. The first kappa shape index (κ1) is 13.0. The molecule has 0 unspecified atom stereocenters. The van der Waals surface area contributed by atoms with E-state index in [0.717, 1.165) is 11.1 Å². The molecule has 1 aromatic heterocycles. The Bertz CT molecular complexity index is 767. The molecule has 3 rings (SSSR count). The van der Waals surface area contributed by atoms with Gasteiger partial charge < -0.3 is 5.73 Å². The summed E-state index contributed by atoms with van der Waals surface area (Å²) >= 11 is 12.0. The fraction of sp³-hybridized carbons (Fsp3) is 0. The summed E-state index contributed by atoms with van der Waals surface area (Å²) in [5, 5.41) is 8.18. The maximum Gasteiger partial charge on any atom is 0.181 e. The van der Waals surface area contributed by atoms with E-state index in [4.69, 9.17) is 28.9 Å². The molecule has 0 saturated heterocycles. The molecule has 3 N–H and O–H groups in total. The molecule has 1 heterocycles. The Labute approximate surface area is 125 Å². The highest BCUT2D eigenvalue weighted by Gasteiger charge is 2.11. The lowest BCUT2D eigenvalue weighted by Crippen LogP contribution is -1.88. The van der Waals surface area contributed by atoms with Crippen LogP contribution in [0.5, 0.6) is 0 Å². The van der Waals surface area contributed by atoms with Crippen molar-refractivity contribution in [1.82, 2.24) is 15.2 Å². The molecule has 4 nitrogen and oxygen atoms in total. The monoisotopic (exact) mass is 304 g/mol. The van der Waals surface area contributed by atoms with Gasteiger partial charge in [0.15, 0.2) is 11.6 Å². The van der Waals surface area contributed by atoms with Crippen molar-refractivity contribution in [2.75, 3.05) is 5.73 Å². The van der Waals surface area contributed by atoms with Gasteiger partial charge >= 0.3 is 0 Å². The van der Waals surface area contributed by atoms with Crippen molar-refractivity contribution >= 4 is 28.9 Å². The number of nitrogens with one attached hydrogen (secondary N) is 1. The lowest BCUT2D eigenvalue weighted by molar-refractivity contribution is 1.10. The van der Waals surface area contributed by atoms with Crippen LogP contribution in [0, 0.1) is 0 Å². The Morgan fingerprint density at radius 1 is 1.00 bits per heavy atom. The predicted molar refractivity (Wildman–Crippen MR) is 81.7 cm³/mol. The van der Waals surface area contributed by atoms with Gasteiger partial charge in [-0.2, -0.15) is 5.10 Å². The molecular weight excluding hydrogens is 295 g/mol. The third kappa shape index (κ3) is 2.35. The van der Waals surface area contributed by atoms with E-state index >= 15 is 0 Å². The van der Waals surface area contributed by atoms with Crippen molar-refractivity contribution in [3.63, 3.8) is 0 Å². The minimum atomic E-state index is 0.494. The van der Waals surface area contributed by atoms with Crippen molar-refractivity contribution in [3.8, 4) is 22.8 Å². The number of aromatic amines is 1.